The van der Waals surface area contributed by atoms with Gasteiger partial charge in [0, 0.05) is 13.3 Å². The minimum absolute atomic E-state index is 0.370. The molecule has 0 amide bonds. The van der Waals surface area contributed by atoms with Gasteiger partial charge in [-0.15, -0.1) is 0 Å². The van der Waals surface area contributed by atoms with Crippen LogP contribution in [0, 0.1) is 0 Å². The van der Waals surface area contributed by atoms with E-state index < -0.39 is 5.60 Å². The van der Waals surface area contributed by atoms with Crippen molar-refractivity contribution >= 4 is 6.29 Å². The molecule has 0 aromatic carbocycles. The number of nitrogens with zero attached hydrogens (tertiary/aromatic N) is 2. The molecule has 4 heteroatoms. The monoisotopic (exact) mass is 180 g/mol. The topological polar surface area (TPSA) is 52.1 Å². The molecule has 0 fully saturated rings. The van der Waals surface area contributed by atoms with Crippen LogP contribution in [0.4, 0.5) is 0 Å². The molecule has 70 valence electrons. The Balaban J connectivity index is 3.08. The quantitative estimate of drug-likeness (QED) is 0.655. The minimum atomic E-state index is -0.557. The highest BCUT2D eigenvalue weighted by Crippen LogP contribution is 2.18. The molecular formula is C9H12N2O2. The zero-order valence-corrected chi connectivity index (χ0v) is 7.94. The predicted molar refractivity (Wildman–Crippen MR) is 47.5 cm³/mol. The van der Waals surface area contributed by atoms with Gasteiger partial charge in [0.05, 0.1) is 0 Å². The maximum atomic E-state index is 10.4. The van der Waals surface area contributed by atoms with Crippen molar-refractivity contribution < 1.29 is 9.53 Å². The Morgan fingerprint density at radius 3 is 2.77 bits per heavy atom. The second kappa shape index (κ2) is 3.62. The second-order valence-corrected chi connectivity index (χ2v) is 3.14. The third-order valence-corrected chi connectivity index (χ3v) is 1.85. The standard InChI is InChI=1S/C9H12N2O2/c1-9(2,13-3)8-10-5-4-7(6-12)11-8/h4-6H,1-3H3. The Morgan fingerprint density at radius 1 is 1.54 bits per heavy atom. The van der Waals surface area contributed by atoms with Crippen molar-refractivity contribution in [2.24, 2.45) is 0 Å². The molecule has 0 N–H and O–H groups in total. The molecule has 0 radical (unpaired) electrons. The van der Waals surface area contributed by atoms with Crippen LogP contribution >= 0.6 is 0 Å². The molecule has 1 rings (SSSR count). The highest BCUT2D eigenvalue weighted by Gasteiger charge is 2.22. The van der Waals surface area contributed by atoms with Crippen LogP contribution < -0.4 is 0 Å². The van der Waals surface area contributed by atoms with Crippen molar-refractivity contribution in [2.75, 3.05) is 7.11 Å². The predicted octanol–water partition coefficient (Wildman–Crippen LogP) is 1.17. The molecule has 0 aliphatic heterocycles. The van der Waals surface area contributed by atoms with Crippen molar-refractivity contribution in [3.63, 3.8) is 0 Å². The van der Waals surface area contributed by atoms with E-state index in [1.54, 1.807) is 19.4 Å². The fourth-order valence-electron chi connectivity index (χ4n) is 0.820. The van der Waals surface area contributed by atoms with Crippen LogP contribution in [0.5, 0.6) is 0 Å². The first-order chi connectivity index (χ1) is 6.10. The summed E-state index contributed by atoms with van der Waals surface area (Å²) in [6.45, 7) is 3.69. The molecular weight excluding hydrogens is 168 g/mol. The number of hydrogen-bond donors (Lipinski definition) is 0. The number of aromatic nitrogens is 2. The second-order valence-electron chi connectivity index (χ2n) is 3.14. The number of rotatable bonds is 3. The maximum absolute atomic E-state index is 10.4. The molecule has 0 unspecified atom stereocenters. The first-order valence-electron chi connectivity index (χ1n) is 3.94. The normalized spacial score (nSPS) is 11.3. The van der Waals surface area contributed by atoms with Gasteiger partial charge >= 0.3 is 0 Å². The first-order valence-corrected chi connectivity index (χ1v) is 3.94. The Hall–Kier alpha value is -1.29. The molecule has 1 aromatic heterocycles. The summed E-state index contributed by atoms with van der Waals surface area (Å²) in [7, 11) is 1.58. The average Bonchev–Trinajstić information content (AvgIpc) is 2.18. The van der Waals surface area contributed by atoms with Gasteiger partial charge in [-0.2, -0.15) is 0 Å². The van der Waals surface area contributed by atoms with Gasteiger partial charge in [-0.25, -0.2) is 9.97 Å². The number of hydrogen-bond acceptors (Lipinski definition) is 4. The molecule has 0 atom stereocenters. The fraction of sp³-hybridized carbons (Fsp3) is 0.444. The van der Waals surface area contributed by atoms with E-state index in [2.05, 4.69) is 9.97 Å². The van der Waals surface area contributed by atoms with Gasteiger partial charge in [0.15, 0.2) is 12.1 Å². The Labute approximate surface area is 77.0 Å². The van der Waals surface area contributed by atoms with Crippen LogP contribution in [-0.2, 0) is 10.3 Å². The molecule has 1 heterocycles. The third-order valence-electron chi connectivity index (χ3n) is 1.85. The Kier molecular flexibility index (Phi) is 2.72. The molecule has 1 aromatic rings. The molecule has 13 heavy (non-hydrogen) atoms. The van der Waals surface area contributed by atoms with Crippen molar-refractivity contribution in [1.82, 2.24) is 9.97 Å². The van der Waals surface area contributed by atoms with E-state index >= 15 is 0 Å². The van der Waals surface area contributed by atoms with Crippen molar-refractivity contribution in [1.29, 1.82) is 0 Å². The summed E-state index contributed by atoms with van der Waals surface area (Å²) in [6, 6.07) is 1.56. The molecule has 0 aliphatic rings. The average molecular weight is 180 g/mol. The largest absolute Gasteiger partial charge is 0.371 e. The van der Waals surface area contributed by atoms with Crippen LogP contribution in [0.25, 0.3) is 0 Å². The lowest BCUT2D eigenvalue weighted by Crippen LogP contribution is -2.23. The zero-order chi connectivity index (χ0) is 9.90. The minimum Gasteiger partial charge on any atom is -0.371 e. The lowest BCUT2D eigenvalue weighted by atomic mass is 10.1. The lowest BCUT2D eigenvalue weighted by Gasteiger charge is -2.20. The lowest BCUT2D eigenvalue weighted by molar-refractivity contribution is 0.0113. The molecule has 0 saturated carbocycles. The van der Waals surface area contributed by atoms with Crippen molar-refractivity contribution in [3.8, 4) is 0 Å². The van der Waals surface area contributed by atoms with E-state index in [4.69, 9.17) is 4.74 Å². The van der Waals surface area contributed by atoms with Gasteiger partial charge in [0.1, 0.15) is 11.3 Å². The van der Waals surface area contributed by atoms with Gasteiger partial charge in [-0.3, -0.25) is 4.79 Å². The van der Waals surface area contributed by atoms with E-state index in [0.717, 1.165) is 0 Å². The van der Waals surface area contributed by atoms with Crippen molar-refractivity contribution in [3.05, 3.63) is 23.8 Å². The van der Waals surface area contributed by atoms with Gasteiger partial charge in [0.2, 0.25) is 0 Å². The fourth-order valence-corrected chi connectivity index (χ4v) is 0.820. The Morgan fingerprint density at radius 2 is 2.23 bits per heavy atom. The van der Waals surface area contributed by atoms with Crippen LogP contribution in [0.1, 0.15) is 30.2 Å². The number of carbonyl (C=O) groups excluding carboxylic acids is 1. The van der Waals surface area contributed by atoms with Gasteiger partial charge < -0.3 is 4.74 Å². The molecule has 0 bridgehead atoms. The van der Waals surface area contributed by atoms with E-state index in [0.29, 0.717) is 17.8 Å². The third kappa shape index (κ3) is 2.09. The molecule has 0 aliphatic carbocycles. The SMILES string of the molecule is COC(C)(C)c1nccc(C=O)n1. The highest BCUT2D eigenvalue weighted by molar-refractivity contribution is 5.71. The maximum Gasteiger partial charge on any atom is 0.168 e. The molecule has 0 saturated heterocycles. The summed E-state index contributed by atoms with van der Waals surface area (Å²) in [5.74, 6) is 0.514. The molecule has 4 nitrogen and oxygen atoms in total. The summed E-state index contributed by atoms with van der Waals surface area (Å²) in [5, 5.41) is 0. The van der Waals surface area contributed by atoms with Gasteiger partial charge in [-0.05, 0) is 19.9 Å². The molecule has 0 spiro atoms. The number of aldehydes is 1. The first kappa shape index (κ1) is 9.80. The summed E-state index contributed by atoms with van der Waals surface area (Å²) in [4.78, 5) is 18.5. The van der Waals surface area contributed by atoms with Gasteiger partial charge in [0.25, 0.3) is 0 Å². The van der Waals surface area contributed by atoms with Gasteiger partial charge in [-0.1, -0.05) is 0 Å². The summed E-state index contributed by atoms with van der Waals surface area (Å²) in [6.07, 6.45) is 2.24. The number of methoxy groups -OCH3 is 1. The summed E-state index contributed by atoms with van der Waals surface area (Å²) < 4.78 is 5.18. The van der Waals surface area contributed by atoms with E-state index in [1.807, 2.05) is 13.8 Å². The van der Waals surface area contributed by atoms with Crippen LogP contribution in [0.15, 0.2) is 12.3 Å². The van der Waals surface area contributed by atoms with Crippen molar-refractivity contribution in [2.45, 2.75) is 19.4 Å². The van der Waals surface area contributed by atoms with E-state index in [1.165, 1.54) is 0 Å². The van der Waals surface area contributed by atoms with E-state index in [9.17, 15) is 4.79 Å². The summed E-state index contributed by atoms with van der Waals surface area (Å²) >= 11 is 0. The zero-order valence-electron chi connectivity index (χ0n) is 7.94. The summed E-state index contributed by atoms with van der Waals surface area (Å²) in [5.41, 5.74) is -0.186. The smallest absolute Gasteiger partial charge is 0.168 e. The Bertz CT molecular complexity index is 310. The number of carbonyl (C=O) groups is 1. The highest BCUT2D eigenvalue weighted by atomic mass is 16.5. The number of ether oxygens (including phenoxy) is 1. The van der Waals surface area contributed by atoms with Crippen LogP contribution in [0.2, 0.25) is 0 Å². The van der Waals surface area contributed by atoms with Crippen LogP contribution in [-0.4, -0.2) is 23.4 Å². The van der Waals surface area contributed by atoms with Crippen LogP contribution in [0.3, 0.4) is 0 Å². The van der Waals surface area contributed by atoms with E-state index in [-0.39, 0.29) is 0 Å².